The number of aromatic nitrogens is 1. The molecule has 0 saturated carbocycles. The van der Waals surface area contributed by atoms with Crippen molar-refractivity contribution in [1.29, 1.82) is 0 Å². The fourth-order valence-electron chi connectivity index (χ4n) is 4.17. The van der Waals surface area contributed by atoms with E-state index in [9.17, 15) is 4.79 Å². The van der Waals surface area contributed by atoms with Gasteiger partial charge in [0.1, 0.15) is 0 Å². The molecule has 1 amide bonds. The molecule has 2 aromatic heterocycles. The van der Waals surface area contributed by atoms with Crippen LogP contribution in [0.1, 0.15) is 38.3 Å². The second kappa shape index (κ2) is 6.69. The van der Waals surface area contributed by atoms with E-state index in [1.54, 1.807) is 24.5 Å². The smallest absolute Gasteiger partial charge is 0.219 e. The summed E-state index contributed by atoms with van der Waals surface area (Å²) in [6.07, 6.45) is 6.35. The lowest BCUT2D eigenvalue weighted by Crippen LogP contribution is -2.47. The van der Waals surface area contributed by atoms with Gasteiger partial charge in [0.2, 0.25) is 5.91 Å². The van der Waals surface area contributed by atoms with Crippen LogP contribution in [0.25, 0.3) is 10.8 Å². The van der Waals surface area contributed by atoms with Crippen LogP contribution in [-0.2, 0) is 11.3 Å². The van der Waals surface area contributed by atoms with Gasteiger partial charge in [-0.05, 0) is 44.4 Å². The van der Waals surface area contributed by atoms with Gasteiger partial charge in [0.25, 0.3) is 0 Å². The molecule has 2 aliphatic heterocycles. The standard InChI is InChI=1S/C18H23N3O2S/c1-13(22)21-9-3-6-16(21)15-5-2-8-20(15)11-14-12-24-18(19-14)17-7-4-10-23-17/h4,7,10,12,15-16H,2-3,5-6,8-9,11H2,1H3/t15-,16+/m1/s1. The summed E-state index contributed by atoms with van der Waals surface area (Å²) in [5, 5.41) is 3.07. The number of hydrogen-bond acceptors (Lipinski definition) is 5. The van der Waals surface area contributed by atoms with E-state index in [0.717, 1.165) is 48.9 Å². The fourth-order valence-corrected chi connectivity index (χ4v) is 4.95. The first-order chi connectivity index (χ1) is 11.7. The number of rotatable bonds is 4. The van der Waals surface area contributed by atoms with Gasteiger partial charge >= 0.3 is 0 Å². The molecule has 2 atom stereocenters. The third-order valence-corrected chi connectivity index (χ3v) is 6.12. The summed E-state index contributed by atoms with van der Waals surface area (Å²) in [6.45, 7) is 4.59. The zero-order chi connectivity index (χ0) is 16.5. The Morgan fingerprint density at radius 3 is 2.96 bits per heavy atom. The predicted molar refractivity (Wildman–Crippen MR) is 93.7 cm³/mol. The Hall–Kier alpha value is -1.66. The van der Waals surface area contributed by atoms with Gasteiger partial charge in [-0.25, -0.2) is 4.98 Å². The molecule has 0 unspecified atom stereocenters. The highest BCUT2D eigenvalue weighted by Gasteiger charge is 2.38. The first kappa shape index (κ1) is 15.8. The average Bonchev–Trinajstić information content (AvgIpc) is 3.35. The van der Waals surface area contributed by atoms with E-state index in [4.69, 9.17) is 9.40 Å². The molecule has 2 saturated heterocycles. The zero-order valence-corrected chi connectivity index (χ0v) is 14.8. The first-order valence-corrected chi connectivity index (χ1v) is 9.60. The molecular weight excluding hydrogens is 322 g/mol. The molecule has 4 rings (SSSR count). The van der Waals surface area contributed by atoms with Crippen LogP contribution in [0.15, 0.2) is 28.2 Å². The van der Waals surface area contributed by atoms with Crippen molar-refractivity contribution in [3.63, 3.8) is 0 Å². The number of furan rings is 1. The summed E-state index contributed by atoms with van der Waals surface area (Å²) < 4.78 is 5.44. The van der Waals surface area contributed by atoms with Crippen molar-refractivity contribution in [2.75, 3.05) is 13.1 Å². The number of nitrogens with zero attached hydrogens (tertiary/aromatic N) is 3. The van der Waals surface area contributed by atoms with E-state index < -0.39 is 0 Å². The quantitative estimate of drug-likeness (QED) is 0.852. The van der Waals surface area contributed by atoms with Crippen LogP contribution in [-0.4, -0.2) is 45.9 Å². The minimum atomic E-state index is 0.220. The molecule has 2 aromatic rings. The van der Waals surface area contributed by atoms with Crippen LogP contribution in [0.5, 0.6) is 0 Å². The van der Waals surface area contributed by atoms with E-state index in [1.165, 1.54) is 12.8 Å². The molecule has 0 aromatic carbocycles. The van der Waals surface area contributed by atoms with Crippen LogP contribution >= 0.6 is 11.3 Å². The molecule has 0 radical (unpaired) electrons. The summed E-state index contributed by atoms with van der Waals surface area (Å²) in [5.74, 6) is 1.06. The van der Waals surface area contributed by atoms with Gasteiger partial charge in [-0.1, -0.05) is 0 Å². The largest absolute Gasteiger partial charge is 0.462 e. The molecular formula is C18H23N3O2S. The summed E-state index contributed by atoms with van der Waals surface area (Å²) in [4.78, 5) is 21.2. The third kappa shape index (κ3) is 3.00. The molecule has 24 heavy (non-hydrogen) atoms. The van der Waals surface area contributed by atoms with Gasteiger partial charge in [0.15, 0.2) is 10.8 Å². The van der Waals surface area contributed by atoms with Gasteiger partial charge in [-0.3, -0.25) is 9.69 Å². The molecule has 128 valence electrons. The van der Waals surface area contributed by atoms with E-state index in [-0.39, 0.29) is 5.91 Å². The third-order valence-electron chi connectivity index (χ3n) is 5.21. The van der Waals surface area contributed by atoms with Gasteiger partial charge in [-0.2, -0.15) is 0 Å². The topological polar surface area (TPSA) is 49.6 Å². The van der Waals surface area contributed by atoms with Crippen molar-refractivity contribution in [3.8, 4) is 10.8 Å². The van der Waals surface area contributed by atoms with Gasteiger partial charge in [0, 0.05) is 37.5 Å². The number of hydrogen-bond donors (Lipinski definition) is 0. The maximum Gasteiger partial charge on any atom is 0.219 e. The number of likely N-dealkylation sites (tertiary alicyclic amines) is 2. The predicted octanol–water partition coefficient (Wildman–Crippen LogP) is 3.38. The van der Waals surface area contributed by atoms with Gasteiger partial charge in [-0.15, -0.1) is 11.3 Å². The Labute approximate surface area is 146 Å². The number of thiazole rings is 1. The molecule has 5 nitrogen and oxygen atoms in total. The van der Waals surface area contributed by atoms with Crippen molar-refractivity contribution in [2.24, 2.45) is 0 Å². The first-order valence-electron chi connectivity index (χ1n) is 8.72. The summed E-state index contributed by atoms with van der Waals surface area (Å²) >= 11 is 1.63. The highest BCUT2D eigenvalue weighted by Crippen LogP contribution is 2.32. The molecule has 2 fully saturated rings. The highest BCUT2D eigenvalue weighted by atomic mass is 32.1. The average molecular weight is 345 g/mol. The van der Waals surface area contributed by atoms with Crippen molar-refractivity contribution in [3.05, 3.63) is 29.5 Å². The molecule has 2 aliphatic rings. The van der Waals surface area contributed by atoms with Crippen molar-refractivity contribution in [1.82, 2.24) is 14.8 Å². The lowest BCUT2D eigenvalue weighted by atomic mass is 10.0. The zero-order valence-electron chi connectivity index (χ0n) is 14.0. The molecule has 6 heteroatoms. The van der Waals surface area contributed by atoms with E-state index in [0.29, 0.717) is 12.1 Å². The van der Waals surface area contributed by atoms with E-state index in [1.807, 2.05) is 12.1 Å². The minimum absolute atomic E-state index is 0.220. The summed E-state index contributed by atoms with van der Waals surface area (Å²) in [7, 11) is 0. The Morgan fingerprint density at radius 1 is 1.33 bits per heavy atom. The molecule has 0 N–H and O–H groups in total. The van der Waals surface area contributed by atoms with Crippen LogP contribution in [0.3, 0.4) is 0 Å². The van der Waals surface area contributed by atoms with Crippen LogP contribution in [0.4, 0.5) is 0 Å². The van der Waals surface area contributed by atoms with E-state index in [2.05, 4.69) is 15.2 Å². The lowest BCUT2D eigenvalue weighted by Gasteiger charge is -2.34. The number of carbonyl (C=O) groups excluding carboxylic acids is 1. The minimum Gasteiger partial charge on any atom is -0.462 e. The molecule has 0 bridgehead atoms. The second-order valence-electron chi connectivity index (χ2n) is 6.72. The number of carbonyl (C=O) groups is 1. The van der Waals surface area contributed by atoms with Gasteiger partial charge < -0.3 is 9.32 Å². The Balaban J connectivity index is 1.47. The van der Waals surface area contributed by atoms with Crippen LogP contribution in [0, 0.1) is 0 Å². The monoisotopic (exact) mass is 345 g/mol. The summed E-state index contributed by atoms with van der Waals surface area (Å²) in [6, 6.07) is 4.70. The van der Waals surface area contributed by atoms with Crippen molar-refractivity contribution >= 4 is 17.2 Å². The number of amides is 1. The Bertz CT molecular complexity index is 697. The van der Waals surface area contributed by atoms with Crippen LogP contribution < -0.4 is 0 Å². The van der Waals surface area contributed by atoms with Crippen molar-refractivity contribution in [2.45, 2.75) is 51.2 Å². The lowest BCUT2D eigenvalue weighted by molar-refractivity contribution is -0.130. The SMILES string of the molecule is CC(=O)N1CCC[C@H]1[C@H]1CCCN1Cc1csc(-c2ccco2)n1. The summed E-state index contributed by atoms with van der Waals surface area (Å²) in [5.41, 5.74) is 1.10. The van der Waals surface area contributed by atoms with Crippen LogP contribution in [0.2, 0.25) is 0 Å². The highest BCUT2D eigenvalue weighted by molar-refractivity contribution is 7.13. The normalized spacial score (nSPS) is 24.8. The maximum absolute atomic E-state index is 11.9. The molecule has 4 heterocycles. The second-order valence-corrected chi connectivity index (χ2v) is 7.58. The molecule has 0 aliphatic carbocycles. The Morgan fingerprint density at radius 2 is 2.17 bits per heavy atom. The maximum atomic E-state index is 11.9. The Kier molecular flexibility index (Phi) is 4.41. The van der Waals surface area contributed by atoms with Crippen molar-refractivity contribution < 1.29 is 9.21 Å². The van der Waals surface area contributed by atoms with E-state index >= 15 is 0 Å². The molecule has 0 spiro atoms. The van der Waals surface area contributed by atoms with Gasteiger partial charge in [0.05, 0.1) is 12.0 Å². The fraction of sp³-hybridized carbons (Fsp3) is 0.556.